The Morgan fingerprint density at radius 3 is 1.70 bits per heavy atom. The van der Waals surface area contributed by atoms with E-state index >= 15 is 0 Å². The van der Waals surface area contributed by atoms with Crippen molar-refractivity contribution in [3.63, 3.8) is 0 Å². The second-order valence-corrected chi connectivity index (χ2v) is 12.3. The van der Waals surface area contributed by atoms with Crippen molar-refractivity contribution < 1.29 is 0 Å². The van der Waals surface area contributed by atoms with Gasteiger partial charge >= 0.3 is 0 Å². The van der Waals surface area contributed by atoms with Crippen molar-refractivity contribution in [2.75, 3.05) is 0 Å². The standard InChI is InChI=1S/C45H25N5/c46-26-29-17-23-42-39(24-29)37-22-16-30(27-47)25-44(37)49(42)33-20-18-31(19-21-33)34-9-1-2-12-38(34)45-32(28-48)8-7-15-43(45)50-40-13-5-3-10-35(40)36-11-4-6-14-41(36)50/h1-25H. The van der Waals surface area contributed by atoms with Gasteiger partial charge in [0.1, 0.15) is 0 Å². The number of hydrogen-bond acceptors (Lipinski definition) is 3. The van der Waals surface area contributed by atoms with Gasteiger partial charge in [0.15, 0.2) is 0 Å². The van der Waals surface area contributed by atoms with E-state index < -0.39 is 0 Å². The molecule has 5 nitrogen and oxygen atoms in total. The van der Waals surface area contributed by atoms with Crippen LogP contribution in [0.15, 0.2) is 152 Å². The van der Waals surface area contributed by atoms with Gasteiger partial charge in [0, 0.05) is 32.8 Å². The number of nitrogens with zero attached hydrogens (tertiary/aromatic N) is 5. The van der Waals surface area contributed by atoms with Gasteiger partial charge in [-0.3, -0.25) is 0 Å². The van der Waals surface area contributed by atoms with E-state index in [0.717, 1.165) is 77.2 Å². The number of hydrogen-bond donors (Lipinski definition) is 0. The third-order valence-corrected chi connectivity index (χ3v) is 9.64. The molecule has 0 N–H and O–H groups in total. The zero-order chi connectivity index (χ0) is 33.8. The zero-order valence-electron chi connectivity index (χ0n) is 26.7. The number of rotatable bonds is 4. The average molecular weight is 636 g/mol. The first-order valence-corrected chi connectivity index (χ1v) is 16.3. The molecule has 0 aliphatic carbocycles. The molecule has 2 heterocycles. The minimum atomic E-state index is 0.572. The molecule has 0 amide bonds. The second kappa shape index (κ2) is 11.4. The molecule has 0 fully saturated rings. The fraction of sp³-hybridized carbons (Fsp3) is 0. The molecule has 9 rings (SSSR count). The van der Waals surface area contributed by atoms with Crippen molar-refractivity contribution in [2.45, 2.75) is 0 Å². The predicted molar refractivity (Wildman–Crippen MR) is 200 cm³/mol. The first kappa shape index (κ1) is 28.8. The molecule has 0 aliphatic heterocycles. The molecule has 230 valence electrons. The zero-order valence-corrected chi connectivity index (χ0v) is 26.7. The lowest BCUT2D eigenvalue weighted by Gasteiger charge is -2.18. The lowest BCUT2D eigenvalue weighted by molar-refractivity contribution is 1.18. The normalized spacial score (nSPS) is 11.1. The van der Waals surface area contributed by atoms with Crippen molar-refractivity contribution in [1.82, 2.24) is 9.13 Å². The van der Waals surface area contributed by atoms with Gasteiger partial charge in [0.2, 0.25) is 0 Å². The molecule has 0 spiro atoms. The van der Waals surface area contributed by atoms with Crippen LogP contribution in [0.5, 0.6) is 0 Å². The number of aromatic nitrogens is 2. The van der Waals surface area contributed by atoms with Gasteiger partial charge in [0.25, 0.3) is 0 Å². The molecule has 0 radical (unpaired) electrons. The summed E-state index contributed by atoms with van der Waals surface area (Å²) in [5.41, 5.74) is 11.5. The third-order valence-electron chi connectivity index (χ3n) is 9.64. The number of fused-ring (bicyclic) bond motifs is 6. The highest BCUT2D eigenvalue weighted by molar-refractivity contribution is 6.11. The third kappa shape index (κ3) is 4.31. The van der Waals surface area contributed by atoms with Crippen molar-refractivity contribution in [1.29, 1.82) is 15.8 Å². The Labute approximate surface area is 287 Å². The van der Waals surface area contributed by atoms with Crippen LogP contribution in [0, 0.1) is 34.0 Å². The predicted octanol–water partition coefficient (Wildman–Crippen LogP) is 10.8. The molecule has 0 unspecified atom stereocenters. The number of para-hydroxylation sites is 2. The maximum absolute atomic E-state index is 10.5. The van der Waals surface area contributed by atoms with E-state index in [0.29, 0.717) is 16.7 Å². The summed E-state index contributed by atoms with van der Waals surface area (Å²) in [5, 5.41) is 34.0. The number of nitriles is 3. The monoisotopic (exact) mass is 635 g/mol. The highest BCUT2D eigenvalue weighted by atomic mass is 15.0. The van der Waals surface area contributed by atoms with E-state index in [4.69, 9.17) is 0 Å². The Morgan fingerprint density at radius 2 is 1.00 bits per heavy atom. The summed E-state index contributed by atoms with van der Waals surface area (Å²) in [4.78, 5) is 0. The lowest BCUT2D eigenvalue weighted by Crippen LogP contribution is -2.00. The van der Waals surface area contributed by atoms with Crippen molar-refractivity contribution in [3.05, 3.63) is 168 Å². The van der Waals surface area contributed by atoms with E-state index in [1.54, 1.807) is 0 Å². The Kier molecular flexibility index (Phi) is 6.56. The molecule has 0 atom stereocenters. The van der Waals surface area contributed by atoms with Crippen LogP contribution < -0.4 is 0 Å². The summed E-state index contributed by atoms with van der Waals surface area (Å²) < 4.78 is 4.42. The molecular weight excluding hydrogens is 611 g/mol. The maximum atomic E-state index is 10.5. The van der Waals surface area contributed by atoms with E-state index in [9.17, 15) is 15.8 Å². The minimum Gasteiger partial charge on any atom is -0.309 e. The average Bonchev–Trinajstić information content (AvgIpc) is 3.69. The van der Waals surface area contributed by atoms with E-state index in [1.807, 2.05) is 60.7 Å². The molecule has 2 aromatic heterocycles. The molecule has 7 aromatic carbocycles. The van der Waals surface area contributed by atoms with Crippen molar-refractivity contribution >= 4 is 43.6 Å². The Bertz CT molecular complexity index is 2900. The minimum absolute atomic E-state index is 0.572. The Balaban J connectivity index is 1.24. The second-order valence-electron chi connectivity index (χ2n) is 12.3. The highest BCUT2D eigenvalue weighted by Crippen LogP contribution is 2.41. The molecule has 0 saturated heterocycles. The van der Waals surface area contributed by atoms with E-state index in [-0.39, 0.29) is 0 Å². The van der Waals surface area contributed by atoms with Gasteiger partial charge in [-0.05, 0) is 83.4 Å². The molecule has 50 heavy (non-hydrogen) atoms. The topological polar surface area (TPSA) is 81.2 Å². The van der Waals surface area contributed by atoms with E-state index in [1.165, 1.54) is 0 Å². The Morgan fingerprint density at radius 1 is 0.400 bits per heavy atom. The van der Waals surface area contributed by atoms with E-state index in [2.05, 4.69) is 118 Å². The fourth-order valence-electron chi connectivity index (χ4n) is 7.47. The van der Waals surface area contributed by atoms with Crippen LogP contribution in [0.4, 0.5) is 0 Å². The molecule has 0 bridgehead atoms. The highest BCUT2D eigenvalue weighted by Gasteiger charge is 2.20. The van der Waals surface area contributed by atoms with Gasteiger partial charge in [0.05, 0.1) is 62.7 Å². The molecule has 0 aliphatic rings. The lowest BCUT2D eigenvalue weighted by atomic mass is 9.90. The summed E-state index contributed by atoms with van der Waals surface area (Å²) in [6.45, 7) is 0. The quantitative estimate of drug-likeness (QED) is 0.193. The van der Waals surface area contributed by atoms with Crippen LogP contribution in [0.25, 0.3) is 77.2 Å². The molecular formula is C45H25N5. The molecule has 0 saturated carbocycles. The number of benzene rings is 7. The maximum Gasteiger partial charge on any atom is 0.0998 e. The van der Waals surface area contributed by atoms with Crippen LogP contribution in [0.3, 0.4) is 0 Å². The van der Waals surface area contributed by atoms with Crippen molar-refractivity contribution in [3.8, 4) is 51.8 Å². The molecule has 5 heteroatoms. The largest absolute Gasteiger partial charge is 0.309 e. The van der Waals surface area contributed by atoms with Gasteiger partial charge in [-0.25, -0.2) is 0 Å². The van der Waals surface area contributed by atoms with Crippen LogP contribution in [0.1, 0.15) is 16.7 Å². The molecule has 9 aromatic rings. The van der Waals surface area contributed by atoms with Crippen LogP contribution >= 0.6 is 0 Å². The van der Waals surface area contributed by atoms with Gasteiger partial charge in [-0.2, -0.15) is 15.8 Å². The first-order valence-electron chi connectivity index (χ1n) is 16.3. The van der Waals surface area contributed by atoms with Crippen LogP contribution in [0.2, 0.25) is 0 Å². The van der Waals surface area contributed by atoms with Gasteiger partial charge < -0.3 is 9.13 Å². The smallest absolute Gasteiger partial charge is 0.0998 e. The fourth-order valence-corrected chi connectivity index (χ4v) is 7.47. The van der Waals surface area contributed by atoms with Gasteiger partial charge in [-0.1, -0.05) is 84.9 Å². The summed E-state index contributed by atoms with van der Waals surface area (Å²) in [6, 6.07) is 57.8. The van der Waals surface area contributed by atoms with Gasteiger partial charge in [-0.15, -0.1) is 0 Å². The summed E-state index contributed by atoms with van der Waals surface area (Å²) in [5.74, 6) is 0. The summed E-state index contributed by atoms with van der Waals surface area (Å²) >= 11 is 0. The first-order chi connectivity index (χ1) is 24.7. The summed E-state index contributed by atoms with van der Waals surface area (Å²) in [7, 11) is 0. The van der Waals surface area contributed by atoms with Crippen LogP contribution in [-0.4, -0.2) is 9.13 Å². The Hall–Kier alpha value is -7.39. The SMILES string of the molecule is N#Cc1ccc2c(c1)c1ccc(C#N)cc1n2-c1ccc(-c2ccccc2-c2c(C#N)cccc2-n2c3ccccc3c3ccccc32)cc1. The van der Waals surface area contributed by atoms with Crippen LogP contribution in [-0.2, 0) is 0 Å². The van der Waals surface area contributed by atoms with Crippen molar-refractivity contribution in [2.24, 2.45) is 0 Å². The summed E-state index contributed by atoms with van der Waals surface area (Å²) in [6.07, 6.45) is 0.